The molecule has 7 heteroatoms. The fourth-order valence-corrected chi connectivity index (χ4v) is 5.80. The zero-order valence-electron chi connectivity index (χ0n) is 16.5. The number of para-hydroxylation sites is 1. The molecule has 2 heterocycles. The minimum absolute atomic E-state index is 0.0608. The van der Waals surface area contributed by atoms with Crippen LogP contribution in [0.15, 0.2) is 65.6 Å². The number of aryl methyl sites for hydroxylation is 1. The van der Waals surface area contributed by atoms with Crippen molar-refractivity contribution in [2.45, 2.75) is 31.2 Å². The van der Waals surface area contributed by atoms with Gasteiger partial charge in [0.1, 0.15) is 5.75 Å². The molecule has 0 saturated carbocycles. The molecule has 0 bridgehead atoms. The van der Waals surface area contributed by atoms with Gasteiger partial charge in [0.2, 0.25) is 0 Å². The van der Waals surface area contributed by atoms with Crippen molar-refractivity contribution in [2.75, 3.05) is 9.62 Å². The Kier molecular flexibility index (Phi) is 4.11. The molecule has 152 valence electrons. The third kappa shape index (κ3) is 2.85. The van der Waals surface area contributed by atoms with Crippen molar-refractivity contribution in [1.29, 1.82) is 0 Å². The van der Waals surface area contributed by atoms with Gasteiger partial charge in [0.05, 0.1) is 21.8 Å². The summed E-state index contributed by atoms with van der Waals surface area (Å²) in [6, 6.07) is 17.2. The van der Waals surface area contributed by atoms with Gasteiger partial charge in [-0.3, -0.25) is 9.10 Å². The summed E-state index contributed by atoms with van der Waals surface area (Å²) in [5.41, 5.74) is 3.41. The summed E-state index contributed by atoms with van der Waals surface area (Å²) >= 11 is 0. The summed E-state index contributed by atoms with van der Waals surface area (Å²) in [7, 11) is -3.85. The molecule has 0 unspecified atom stereocenters. The highest BCUT2D eigenvalue weighted by molar-refractivity contribution is 7.92. The van der Waals surface area contributed by atoms with Gasteiger partial charge in [-0.15, -0.1) is 0 Å². The second-order valence-electron chi connectivity index (χ2n) is 7.70. The Morgan fingerprint density at radius 2 is 1.83 bits per heavy atom. The molecule has 30 heavy (non-hydrogen) atoms. The van der Waals surface area contributed by atoms with Crippen LogP contribution in [0.25, 0.3) is 0 Å². The molecular formula is C23H20N2O4S. The maximum atomic E-state index is 13.5. The Morgan fingerprint density at radius 3 is 2.67 bits per heavy atom. The van der Waals surface area contributed by atoms with Crippen LogP contribution in [0.2, 0.25) is 0 Å². The molecule has 1 N–H and O–H groups in total. The lowest BCUT2D eigenvalue weighted by molar-refractivity contribution is 0.102. The van der Waals surface area contributed by atoms with Crippen LogP contribution in [-0.2, 0) is 16.4 Å². The van der Waals surface area contributed by atoms with Gasteiger partial charge in [0.25, 0.3) is 15.9 Å². The van der Waals surface area contributed by atoms with E-state index in [0.717, 1.165) is 11.1 Å². The van der Waals surface area contributed by atoms with Gasteiger partial charge in [0.15, 0.2) is 5.75 Å². The summed E-state index contributed by atoms with van der Waals surface area (Å²) in [5.74, 6) is 0.449. The monoisotopic (exact) mass is 420 g/mol. The number of fused-ring (bicyclic) bond motifs is 3. The molecule has 0 saturated heterocycles. The predicted molar refractivity (Wildman–Crippen MR) is 115 cm³/mol. The number of sulfonamides is 1. The first-order valence-corrected chi connectivity index (χ1v) is 11.1. The topological polar surface area (TPSA) is 75.7 Å². The van der Waals surface area contributed by atoms with E-state index < -0.39 is 15.9 Å². The van der Waals surface area contributed by atoms with Gasteiger partial charge in [0, 0.05) is 6.04 Å². The van der Waals surface area contributed by atoms with E-state index in [1.807, 2.05) is 50.2 Å². The van der Waals surface area contributed by atoms with Crippen LogP contribution >= 0.6 is 0 Å². The van der Waals surface area contributed by atoms with E-state index in [1.165, 1.54) is 16.4 Å². The van der Waals surface area contributed by atoms with E-state index in [-0.39, 0.29) is 16.5 Å². The van der Waals surface area contributed by atoms with E-state index in [4.69, 9.17) is 4.74 Å². The summed E-state index contributed by atoms with van der Waals surface area (Å²) in [5, 5.41) is 2.81. The number of carbonyl (C=O) groups is 1. The lowest BCUT2D eigenvalue weighted by atomic mass is 10.1. The van der Waals surface area contributed by atoms with Gasteiger partial charge in [-0.2, -0.15) is 0 Å². The van der Waals surface area contributed by atoms with Crippen LogP contribution in [0.4, 0.5) is 11.4 Å². The van der Waals surface area contributed by atoms with Crippen molar-refractivity contribution in [3.8, 4) is 11.5 Å². The minimum atomic E-state index is -3.85. The third-order valence-corrected chi connectivity index (χ3v) is 7.43. The normalized spacial score (nSPS) is 17.3. The quantitative estimate of drug-likeness (QED) is 0.663. The molecule has 3 aromatic carbocycles. The van der Waals surface area contributed by atoms with E-state index in [1.54, 1.807) is 12.1 Å². The number of hydrogen-bond donors (Lipinski definition) is 1. The highest BCUT2D eigenvalue weighted by Gasteiger charge is 2.36. The number of ether oxygens (including phenoxy) is 1. The van der Waals surface area contributed by atoms with Crippen molar-refractivity contribution < 1.29 is 17.9 Å². The molecule has 0 fully saturated rings. The number of hydrogen-bond acceptors (Lipinski definition) is 4. The molecule has 0 spiro atoms. The number of nitrogens with one attached hydrogen (secondary N) is 1. The smallest absolute Gasteiger partial charge is 0.264 e. The van der Waals surface area contributed by atoms with Gasteiger partial charge in [-0.1, -0.05) is 24.3 Å². The van der Waals surface area contributed by atoms with Crippen molar-refractivity contribution in [3.05, 3.63) is 77.4 Å². The zero-order chi connectivity index (χ0) is 21.0. The SMILES string of the molecule is Cc1ccc2c(c1)Oc1ccc(S(=O)(=O)N3c4ccccc4C[C@@H]3C)cc1C(=O)N2. The first-order chi connectivity index (χ1) is 14.3. The van der Waals surface area contributed by atoms with E-state index >= 15 is 0 Å². The average Bonchev–Trinajstić information content (AvgIpc) is 2.99. The summed E-state index contributed by atoms with van der Waals surface area (Å²) in [6.45, 7) is 3.82. The van der Waals surface area contributed by atoms with Gasteiger partial charge >= 0.3 is 0 Å². The van der Waals surface area contributed by atoms with Crippen LogP contribution in [0, 0.1) is 6.92 Å². The molecule has 1 atom stereocenters. The van der Waals surface area contributed by atoms with Crippen molar-refractivity contribution >= 4 is 27.3 Å². The fraction of sp³-hybridized carbons (Fsp3) is 0.174. The summed E-state index contributed by atoms with van der Waals surface area (Å²) in [4.78, 5) is 12.9. The van der Waals surface area contributed by atoms with Crippen LogP contribution < -0.4 is 14.4 Å². The molecule has 0 radical (unpaired) electrons. The van der Waals surface area contributed by atoms with E-state index in [2.05, 4.69) is 5.32 Å². The lowest BCUT2D eigenvalue weighted by Gasteiger charge is -2.24. The molecule has 5 rings (SSSR count). The minimum Gasteiger partial charge on any atom is -0.454 e. The molecule has 6 nitrogen and oxygen atoms in total. The van der Waals surface area contributed by atoms with Crippen LogP contribution in [0.3, 0.4) is 0 Å². The number of amides is 1. The van der Waals surface area contributed by atoms with Crippen molar-refractivity contribution in [3.63, 3.8) is 0 Å². The number of nitrogens with zero attached hydrogens (tertiary/aromatic N) is 1. The molecule has 1 amide bonds. The molecule has 2 aliphatic rings. The Hall–Kier alpha value is -3.32. The fourth-order valence-electron chi connectivity index (χ4n) is 4.08. The zero-order valence-corrected chi connectivity index (χ0v) is 17.4. The molecular weight excluding hydrogens is 400 g/mol. The van der Waals surface area contributed by atoms with Crippen LogP contribution in [-0.4, -0.2) is 20.4 Å². The lowest BCUT2D eigenvalue weighted by Crippen LogP contribution is -2.35. The Balaban J connectivity index is 1.58. The number of anilines is 2. The predicted octanol–water partition coefficient (Wildman–Crippen LogP) is 4.49. The second-order valence-corrected chi connectivity index (χ2v) is 9.51. The van der Waals surface area contributed by atoms with Crippen molar-refractivity contribution in [1.82, 2.24) is 0 Å². The molecule has 0 aromatic heterocycles. The second kappa shape index (κ2) is 6.60. The highest BCUT2D eigenvalue weighted by Crippen LogP contribution is 2.40. The van der Waals surface area contributed by atoms with Gasteiger partial charge in [-0.05, 0) is 67.8 Å². The Labute approximate surface area is 175 Å². The maximum absolute atomic E-state index is 13.5. The highest BCUT2D eigenvalue weighted by atomic mass is 32.2. The largest absolute Gasteiger partial charge is 0.454 e. The average molecular weight is 420 g/mol. The standard InChI is InChI=1S/C23H20N2O4S/c1-14-7-9-19-22(11-14)29-21-10-8-17(13-18(21)23(26)24-19)30(27,28)25-15(2)12-16-5-3-4-6-20(16)25/h3-11,13,15H,12H2,1-2H3,(H,24,26)/t15-/m0/s1. The summed E-state index contributed by atoms with van der Waals surface area (Å²) in [6.07, 6.45) is 0.651. The van der Waals surface area contributed by atoms with Gasteiger partial charge < -0.3 is 10.1 Å². The van der Waals surface area contributed by atoms with Crippen LogP contribution in [0.1, 0.15) is 28.4 Å². The first-order valence-electron chi connectivity index (χ1n) is 9.71. The Morgan fingerprint density at radius 1 is 1.03 bits per heavy atom. The van der Waals surface area contributed by atoms with E-state index in [9.17, 15) is 13.2 Å². The Bertz CT molecular complexity index is 1300. The van der Waals surface area contributed by atoms with Crippen LogP contribution in [0.5, 0.6) is 11.5 Å². The molecule has 3 aromatic rings. The molecule has 0 aliphatic carbocycles. The van der Waals surface area contributed by atoms with Gasteiger partial charge in [-0.25, -0.2) is 8.42 Å². The number of carbonyl (C=O) groups excluding carboxylic acids is 1. The van der Waals surface area contributed by atoms with E-state index in [0.29, 0.717) is 29.3 Å². The summed E-state index contributed by atoms with van der Waals surface area (Å²) < 4.78 is 34.4. The maximum Gasteiger partial charge on any atom is 0.264 e. The number of benzene rings is 3. The number of rotatable bonds is 2. The third-order valence-electron chi connectivity index (χ3n) is 5.50. The van der Waals surface area contributed by atoms with Crippen molar-refractivity contribution in [2.24, 2.45) is 0 Å². The molecule has 2 aliphatic heterocycles. The first kappa shape index (κ1) is 18.7.